The fraction of sp³-hybridized carbons (Fsp3) is 0.562. The molecule has 0 heterocycles. The van der Waals surface area contributed by atoms with Gasteiger partial charge in [0.05, 0.1) is 6.54 Å². The van der Waals surface area contributed by atoms with E-state index in [4.69, 9.17) is 11.5 Å². The number of benzene rings is 1. The lowest BCUT2D eigenvalue weighted by Crippen LogP contribution is -2.37. The molecule has 0 spiro atoms. The predicted octanol–water partition coefficient (Wildman–Crippen LogP) is 2.14. The van der Waals surface area contributed by atoms with E-state index in [0.29, 0.717) is 19.0 Å². The fourth-order valence-electron chi connectivity index (χ4n) is 3.06. The van der Waals surface area contributed by atoms with Crippen LogP contribution in [0.5, 0.6) is 0 Å². The van der Waals surface area contributed by atoms with E-state index in [1.54, 1.807) is 0 Å². The van der Waals surface area contributed by atoms with Crippen molar-refractivity contribution in [2.45, 2.75) is 38.6 Å². The normalized spacial score (nSPS) is 16.4. The van der Waals surface area contributed by atoms with Crippen molar-refractivity contribution >= 4 is 11.6 Å². The van der Waals surface area contributed by atoms with Gasteiger partial charge in [0.25, 0.3) is 0 Å². The molecule has 0 radical (unpaired) electrons. The monoisotopic (exact) mass is 275 g/mol. The van der Waals surface area contributed by atoms with Crippen LogP contribution in [0, 0.1) is 5.92 Å². The van der Waals surface area contributed by atoms with Crippen LogP contribution in [0.15, 0.2) is 24.3 Å². The Kier molecular flexibility index (Phi) is 5.41. The highest BCUT2D eigenvalue weighted by Crippen LogP contribution is 2.25. The third-order valence-electron chi connectivity index (χ3n) is 4.07. The van der Waals surface area contributed by atoms with Crippen molar-refractivity contribution in [2.75, 3.05) is 18.8 Å². The van der Waals surface area contributed by atoms with Gasteiger partial charge in [0.1, 0.15) is 0 Å². The van der Waals surface area contributed by atoms with Crippen molar-refractivity contribution in [1.29, 1.82) is 0 Å². The number of nitrogen functional groups attached to an aromatic ring is 1. The van der Waals surface area contributed by atoms with E-state index in [2.05, 4.69) is 4.90 Å². The second kappa shape index (κ2) is 7.29. The number of primary amides is 1. The minimum Gasteiger partial charge on any atom is -0.398 e. The van der Waals surface area contributed by atoms with E-state index in [1.807, 2.05) is 24.3 Å². The summed E-state index contributed by atoms with van der Waals surface area (Å²) in [5.74, 6) is 0.420. The van der Waals surface area contributed by atoms with Crippen molar-refractivity contribution in [2.24, 2.45) is 11.7 Å². The van der Waals surface area contributed by atoms with Crippen LogP contribution in [0.1, 0.15) is 37.7 Å². The molecule has 4 N–H and O–H groups in total. The maximum Gasteiger partial charge on any atom is 0.231 e. The predicted molar refractivity (Wildman–Crippen MR) is 81.9 cm³/mol. The first-order valence-corrected chi connectivity index (χ1v) is 7.49. The molecule has 1 amide bonds. The van der Waals surface area contributed by atoms with E-state index in [9.17, 15) is 4.79 Å². The summed E-state index contributed by atoms with van der Waals surface area (Å²) in [5.41, 5.74) is 13.2. The molecule has 4 heteroatoms. The molecule has 0 saturated heterocycles. The van der Waals surface area contributed by atoms with Crippen molar-refractivity contribution < 1.29 is 4.79 Å². The van der Waals surface area contributed by atoms with Crippen molar-refractivity contribution in [3.63, 3.8) is 0 Å². The molecule has 20 heavy (non-hydrogen) atoms. The lowest BCUT2D eigenvalue weighted by molar-refractivity contribution is -0.119. The molecule has 1 aliphatic carbocycles. The van der Waals surface area contributed by atoms with Crippen LogP contribution >= 0.6 is 0 Å². The highest BCUT2D eigenvalue weighted by molar-refractivity contribution is 5.75. The summed E-state index contributed by atoms with van der Waals surface area (Å²) in [4.78, 5) is 13.4. The molecule has 110 valence electrons. The third-order valence-corrected chi connectivity index (χ3v) is 4.07. The maximum atomic E-state index is 11.3. The van der Waals surface area contributed by atoms with Crippen LogP contribution in [-0.4, -0.2) is 23.9 Å². The van der Waals surface area contributed by atoms with Gasteiger partial charge in [-0.25, -0.2) is 0 Å². The summed E-state index contributed by atoms with van der Waals surface area (Å²) in [6.07, 6.45) is 6.49. The first-order valence-electron chi connectivity index (χ1n) is 7.49. The largest absolute Gasteiger partial charge is 0.398 e. The third kappa shape index (κ3) is 4.53. The molecule has 4 nitrogen and oxygen atoms in total. The number of anilines is 1. The second-order valence-corrected chi connectivity index (χ2v) is 5.84. The quantitative estimate of drug-likeness (QED) is 0.781. The molecule has 0 bridgehead atoms. The minimum absolute atomic E-state index is 0.268. The van der Waals surface area contributed by atoms with Gasteiger partial charge in [-0.15, -0.1) is 0 Å². The number of hydrogen-bond donors (Lipinski definition) is 2. The van der Waals surface area contributed by atoms with Crippen molar-refractivity contribution in [3.8, 4) is 0 Å². The number of carbonyl (C=O) groups excluding carboxylic acids is 1. The molecule has 1 saturated carbocycles. The van der Waals surface area contributed by atoms with Crippen LogP contribution in [0.3, 0.4) is 0 Å². The zero-order valence-electron chi connectivity index (χ0n) is 12.1. The van der Waals surface area contributed by atoms with Gasteiger partial charge in [0.2, 0.25) is 5.91 Å². The zero-order chi connectivity index (χ0) is 14.4. The highest BCUT2D eigenvalue weighted by atomic mass is 16.1. The summed E-state index contributed by atoms with van der Waals surface area (Å²) in [7, 11) is 0. The molecule has 1 aliphatic rings. The SMILES string of the molecule is NC(=O)CN(Cc1ccccc1N)CC1CCCCC1. The summed E-state index contributed by atoms with van der Waals surface area (Å²) in [5, 5.41) is 0. The van der Waals surface area contributed by atoms with Crippen LogP contribution in [0.4, 0.5) is 5.69 Å². The van der Waals surface area contributed by atoms with Gasteiger partial charge in [-0.2, -0.15) is 0 Å². The Labute approximate surface area is 121 Å². The minimum atomic E-state index is -0.268. The Morgan fingerprint density at radius 1 is 1.20 bits per heavy atom. The number of nitrogens with zero attached hydrogens (tertiary/aromatic N) is 1. The first-order chi connectivity index (χ1) is 9.65. The van der Waals surface area contributed by atoms with Crippen LogP contribution in [0.2, 0.25) is 0 Å². The van der Waals surface area contributed by atoms with Crippen molar-refractivity contribution in [1.82, 2.24) is 4.90 Å². The molecule has 0 unspecified atom stereocenters. The molecule has 0 aliphatic heterocycles. The van der Waals surface area contributed by atoms with Crippen LogP contribution in [0.25, 0.3) is 0 Å². The number of amides is 1. The van der Waals surface area contributed by atoms with Crippen molar-refractivity contribution in [3.05, 3.63) is 29.8 Å². The smallest absolute Gasteiger partial charge is 0.231 e. The standard InChI is InChI=1S/C16H25N3O/c17-15-9-5-4-8-14(15)11-19(12-16(18)20)10-13-6-2-1-3-7-13/h4-5,8-9,13H,1-3,6-7,10-12,17H2,(H2,18,20). The Hall–Kier alpha value is -1.55. The van der Waals surface area contributed by atoms with Gasteiger partial charge < -0.3 is 11.5 Å². The molecule has 0 atom stereocenters. The Bertz CT molecular complexity index is 441. The number of para-hydroxylation sites is 1. The second-order valence-electron chi connectivity index (χ2n) is 5.84. The molecule has 1 aromatic rings. The van der Waals surface area contributed by atoms with E-state index < -0.39 is 0 Å². The summed E-state index contributed by atoms with van der Waals surface area (Å²) < 4.78 is 0. The highest BCUT2D eigenvalue weighted by Gasteiger charge is 2.19. The average molecular weight is 275 g/mol. The van der Waals surface area contributed by atoms with E-state index >= 15 is 0 Å². The van der Waals surface area contributed by atoms with Gasteiger partial charge in [0, 0.05) is 18.8 Å². The number of rotatable bonds is 6. The Balaban J connectivity index is 1.99. The van der Waals surface area contributed by atoms with Gasteiger partial charge >= 0.3 is 0 Å². The lowest BCUT2D eigenvalue weighted by Gasteiger charge is -2.29. The topological polar surface area (TPSA) is 72.4 Å². The van der Waals surface area contributed by atoms with E-state index in [0.717, 1.165) is 17.8 Å². The van der Waals surface area contributed by atoms with Crippen LogP contribution < -0.4 is 11.5 Å². The average Bonchev–Trinajstić information content (AvgIpc) is 2.42. The number of carbonyl (C=O) groups is 1. The van der Waals surface area contributed by atoms with Gasteiger partial charge in [0.15, 0.2) is 0 Å². The van der Waals surface area contributed by atoms with Gasteiger partial charge in [-0.1, -0.05) is 37.5 Å². The number of nitrogens with two attached hydrogens (primary N) is 2. The fourth-order valence-corrected chi connectivity index (χ4v) is 3.06. The summed E-state index contributed by atoms with van der Waals surface area (Å²) in [6, 6.07) is 7.83. The molecule has 1 fully saturated rings. The zero-order valence-corrected chi connectivity index (χ0v) is 12.1. The summed E-state index contributed by atoms with van der Waals surface area (Å²) in [6.45, 7) is 1.95. The Morgan fingerprint density at radius 2 is 1.90 bits per heavy atom. The summed E-state index contributed by atoms with van der Waals surface area (Å²) >= 11 is 0. The first kappa shape index (κ1) is 14.9. The molecular weight excluding hydrogens is 250 g/mol. The Morgan fingerprint density at radius 3 is 2.55 bits per heavy atom. The maximum absolute atomic E-state index is 11.3. The van der Waals surface area contributed by atoms with Crippen LogP contribution in [-0.2, 0) is 11.3 Å². The van der Waals surface area contributed by atoms with Gasteiger partial charge in [-0.05, 0) is 30.4 Å². The lowest BCUT2D eigenvalue weighted by atomic mass is 9.89. The van der Waals surface area contributed by atoms with E-state index in [-0.39, 0.29) is 5.91 Å². The molecular formula is C16H25N3O. The van der Waals surface area contributed by atoms with Gasteiger partial charge in [-0.3, -0.25) is 9.69 Å². The van der Waals surface area contributed by atoms with E-state index in [1.165, 1.54) is 32.1 Å². The molecule has 1 aromatic carbocycles. The molecule has 0 aromatic heterocycles. The number of hydrogen-bond acceptors (Lipinski definition) is 3. The molecule has 2 rings (SSSR count).